The topological polar surface area (TPSA) is 60.9 Å². The van der Waals surface area contributed by atoms with Crippen molar-refractivity contribution in [3.8, 4) is 0 Å². The van der Waals surface area contributed by atoms with Crippen molar-refractivity contribution in [3.63, 3.8) is 0 Å². The maximum Gasteiger partial charge on any atom is 0.407 e. The second-order valence-electron chi connectivity index (χ2n) is 6.84. The summed E-state index contributed by atoms with van der Waals surface area (Å²) in [6.45, 7) is 1.24. The molecule has 1 heterocycles. The molecule has 1 spiro atoms. The minimum absolute atomic E-state index is 0.194. The number of hydrogen-bond donors (Lipinski definition) is 1. The SMILES string of the molecule is CN(C(=O)CC1CC1)C1CCC12CCN(C(=O)O)CC2. The van der Waals surface area contributed by atoms with E-state index >= 15 is 0 Å². The average Bonchev–Trinajstić information content (AvgIpc) is 3.21. The van der Waals surface area contributed by atoms with Crippen LogP contribution in [0.15, 0.2) is 0 Å². The van der Waals surface area contributed by atoms with E-state index in [2.05, 4.69) is 0 Å². The van der Waals surface area contributed by atoms with Crippen molar-refractivity contribution in [2.75, 3.05) is 20.1 Å². The number of nitrogens with zero attached hydrogens (tertiary/aromatic N) is 2. The van der Waals surface area contributed by atoms with Crippen molar-refractivity contribution in [2.45, 2.75) is 51.0 Å². The van der Waals surface area contributed by atoms with Crippen LogP contribution in [0.25, 0.3) is 0 Å². The Morgan fingerprint density at radius 3 is 2.30 bits per heavy atom. The summed E-state index contributed by atoms with van der Waals surface area (Å²) in [7, 11) is 1.94. The number of carboxylic acid groups (broad SMARTS) is 1. The van der Waals surface area contributed by atoms with Gasteiger partial charge in [-0.3, -0.25) is 4.79 Å². The Morgan fingerprint density at radius 1 is 1.20 bits per heavy atom. The molecule has 20 heavy (non-hydrogen) atoms. The minimum atomic E-state index is -0.811. The number of rotatable bonds is 3. The monoisotopic (exact) mass is 280 g/mol. The summed E-state index contributed by atoms with van der Waals surface area (Å²) in [5, 5.41) is 9.03. The Bertz CT molecular complexity index is 411. The third-order valence-electron chi connectivity index (χ3n) is 5.67. The zero-order valence-electron chi connectivity index (χ0n) is 12.2. The molecule has 2 aliphatic carbocycles. The fourth-order valence-electron chi connectivity index (χ4n) is 3.90. The number of amides is 2. The lowest BCUT2D eigenvalue weighted by atomic mass is 9.58. The molecule has 0 radical (unpaired) electrons. The Labute approximate surface area is 119 Å². The second-order valence-corrected chi connectivity index (χ2v) is 6.84. The molecule has 1 unspecified atom stereocenters. The maximum absolute atomic E-state index is 12.2. The third kappa shape index (κ3) is 2.38. The van der Waals surface area contributed by atoms with Crippen LogP contribution in [0.2, 0.25) is 0 Å². The maximum atomic E-state index is 12.2. The zero-order chi connectivity index (χ0) is 14.3. The van der Waals surface area contributed by atoms with Crippen LogP contribution in [-0.2, 0) is 4.79 Å². The molecular formula is C15H24N2O3. The van der Waals surface area contributed by atoms with Gasteiger partial charge >= 0.3 is 6.09 Å². The van der Waals surface area contributed by atoms with Gasteiger partial charge in [0.25, 0.3) is 0 Å². The highest BCUT2D eigenvalue weighted by Gasteiger charge is 2.51. The number of likely N-dealkylation sites (tertiary alicyclic amines) is 1. The van der Waals surface area contributed by atoms with E-state index < -0.39 is 6.09 Å². The number of carbonyl (C=O) groups is 2. The lowest BCUT2D eigenvalue weighted by Crippen LogP contribution is -2.59. The van der Waals surface area contributed by atoms with E-state index in [1.807, 2.05) is 11.9 Å². The van der Waals surface area contributed by atoms with Gasteiger partial charge in [0.2, 0.25) is 5.91 Å². The van der Waals surface area contributed by atoms with Crippen molar-refractivity contribution in [2.24, 2.45) is 11.3 Å². The molecule has 1 saturated heterocycles. The quantitative estimate of drug-likeness (QED) is 0.862. The molecule has 0 aromatic carbocycles. The number of hydrogen-bond acceptors (Lipinski definition) is 2. The number of piperidine rings is 1. The van der Waals surface area contributed by atoms with Crippen LogP contribution >= 0.6 is 0 Å². The summed E-state index contributed by atoms with van der Waals surface area (Å²) in [5.74, 6) is 0.923. The molecule has 3 fully saturated rings. The highest BCUT2D eigenvalue weighted by molar-refractivity contribution is 5.77. The van der Waals surface area contributed by atoms with Crippen LogP contribution < -0.4 is 0 Å². The fourth-order valence-corrected chi connectivity index (χ4v) is 3.90. The first kappa shape index (κ1) is 13.7. The van der Waals surface area contributed by atoms with Crippen molar-refractivity contribution in [3.05, 3.63) is 0 Å². The Balaban J connectivity index is 1.58. The molecule has 0 bridgehead atoms. The van der Waals surface area contributed by atoms with Crippen LogP contribution in [0.3, 0.4) is 0 Å². The van der Waals surface area contributed by atoms with E-state index in [-0.39, 0.29) is 11.3 Å². The molecule has 2 saturated carbocycles. The van der Waals surface area contributed by atoms with Crippen molar-refractivity contribution in [1.82, 2.24) is 9.80 Å². The van der Waals surface area contributed by atoms with Gasteiger partial charge in [-0.15, -0.1) is 0 Å². The largest absolute Gasteiger partial charge is 0.465 e. The molecule has 1 N–H and O–H groups in total. The first-order valence-electron chi connectivity index (χ1n) is 7.75. The first-order valence-corrected chi connectivity index (χ1v) is 7.75. The Kier molecular flexibility index (Phi) is 3.38. The summed E-state index contributed by atoms with van der Waals surface area (Å²) < 4.78 is 0. The third-order valence-corrected chi connectivity index (χ3v) is 5.67. The van der Waals surface area contributed by atoms with E-state index in [4.69, 9.17) is 5.11 Å². The van der Waals surface area contributed by atoms with Crippen LogP contribution in [0.5, 0.6) is 0 Å². The Morgan fingerprint density at radius 2 is 1.85 bits per heavy atom. The van der Waals surface area contributed by atoms with Gasteiger partial charge in [-0.2, -0.15) is 0 Å². The van der Waals surface area contributed by atoms with Crippen LogP contribution in [0.4, 0.5) is 4.79 Å². The molecule has 0 aromatic heterocycles. The lowest BCUT2D eigenvalue weighted by molar-refractivity contribution is -0.142. The van der Waals surface area contributed by atoms with E-state index in [9.17, 15) is 9.59 Å². The van der Waals surface area contributed by atoms with Gasteiger partial charge < -0.3 is 14.9 Å². The van der Waals surface area contributed by atoms with Gasteiger partial charge in [0.15, 0.2) is 0 Å². The van der Waals surface area contributed by atoms with Gasteiger partial charge in [0.05, 0.1) is 0 Å². The highest BCUT2D eigenvalue weighted by atomic mass is 16.4. The van der Waals surface area contributed by atoms with Crippen LogP contribution in [0, 0.1) is 11.3 Å². The van der Waals surface area contributed by atoms with Crippen LogP contribution in [0.1, 0.15) is 44.9 Å². The predicted octanol–water partition coefficient (Wildman–Crippen LogP) is 2.17. The van der Waals surface area contributed by atoms with Crippen molar-refractivity contribution < 1.29 is 14.7 Å². The molecule has 5 heteroatoms. The average molecular weight is 280 g/mol. The van der Waals surface area contributed by atoms with E-state index in [1.165, 1.54) is 17.7 Å². The van der Waals surface area contributed by atoms with Crippen molar-refractivity contribution in [1.29, 1.82) is 0 Å². The smallest absolute Gasteiger partial charge is 0.407 e. The highest BCUT2D eigenvalue weighted by Crippen LogP contribution is 2.51. The summed E-state index contributed by atoms with van der Waals surface area (Å²) in [6, 6.07) is 0.338. The summed E-state index contributed by atoms with van der Waals surface area (Å²) >= 11 is 0. The van der Waals surface area contributed by atoms with Gasteiger partial charge in [0.1, 0.15) is 0 Å². The molecule has 3 aliphatic rings. The fraction of sp³-hybridized carbons (Fsp3) is 0.867. The van der Waals surface area contributed by atoms with Gasteiger partial charge in [-0.25, -0.2) is 4.79 Å². The molecule has 112 valence electrons. The number of carbonyl (C=O) groups excluding carboxylic acids is 1. The molecule has 3 rings (SSSR count). The van der Waals surface area contributed by atoms with Gasteiger partial charge in [0, 0.05) is 32.6 Å². The molecule has 1 aliphatic heterocycles. The van der Waals surface area contributed by atoms with E-state index in [0.29, 0.717) is 31.5 Å². The summed E-state index contributed by atoms with van der Waals surface area (Å²) in [6.07, 6.45) is 6.37. The van der Waals surface area contributed by atoms with Gasteiger partial charge in [-0.1, -0.05) is 0 Å². The normalized spacial score (nSPS) is 28.1. The molecular weight excluding hydrogens is 256 g/mol. The molecule has 1 atom stereocenters. The summed E-state index contributed by atoms with van der Waals surface area (Å²) in [5.41, 5.74) is 0.194. The predicted molar refractivity (Wildman–Crippen MR) is 74.4 cm³/mol. The molecule has 2 amide bonds. The minimum Gasteiger partial charge on any atom is -0.465 e. The second kappa shape index (κ2) is 4.93. The van der Waals surface area contributed by atoms with Crippen LogP contribution in [-0.4, -0.2) is 53.1 Å². The lowest BCUT2D eigenvalue weighted by Gasteiger charge is -2.56. The zero-order valence-corrected chi connectivity index (χ0v) is 12.2. The summed E-state index contributed by atoms with van der Waals surface area (Å²) in [4.78, 5) is 26.7. The first-order chi connectivity index (χ1) is 9.52. The van der Waals surface area contributed by atoms with E-state index in [1.54, 1.807) is 0 Å². The van der Waals surface area contributed by atoms with E-state index in [0.717, 1.165) is 25.7 Å². The Hall–Kier alpha value is -1.26. The molecule has 5 nitrogen and oxygen atoms in total. The molecule has 0 aromatic rings. The van der Waals surface area contributed by atoms with Gasteiger partial charge in [-0.05, 0) is 49.9 Å². The van der Waals surface area contributed by atoms with Crippen molar-refractivity contribution >= 4 is 12.0 Å². The standard InChI is InChI=1S/C15H24N2O3/c1-16(13(18)10-11-2-3-11)12-4-5-15(12)6-8-17(9-7-15)14(19)20/h11-12H,2-10H2,1H3,(H,19,20).